The summed E-state index contributed by atoms with van der Waals surface area (Å²) in [5.41, 5.74) is 0. The Hall–Kier alpha value is 0.250. The van der Waals surface area contributed by atoms with E-state index in [9.17, 15) is 0 Å². The quantitative estimate of drug-likeness (QED) is 0.606. The minimum Gasteiger partial charge on any atom is -0.304 e. The Kier molecular flexibility index (Phi) is 12.9. The van der Waals surface area contributed by atoms with Gasteiger partial charge in [0, 0.05) is 0 Å². The van der Waals surface area contributed by atoms with Crippen molar-refractivity contribution in [3.05, 3.63) is 0 Å². The molecule has 0 fully saturated rings. The topological polar surface area (TPSA) is 3.24 Å². The first kappa shape index (κ1) is 13.8. The van der Waals surface area contributed by atoms with Crippen LogP contribution in [0.1, 0.15) is 40.0 Å². The van der Waals surface area contributed by atoms with Crippen LogP contribution < -0.4 is 0 Å². The first-order valence-corrected chi connectivity index (χ1v) is 4.57. The van der Waals surface area contributed by atoms with Crippen molar-refractivity contribution in [2.75, 3.05) is 19.6 Å². The molecule has 0 heterocycles. The SMILES string of the molecule is CCCCN(CC)CCC.Cl. The molecule has 0 saturated heterocycles. The highest BCUT2D eigenvalue weighted by atomic mass is 35.5. The van der Waals surface area contributed by atoms with Crippen LogP contribution in [0.3, 0.4) is 0 Å². The van der Waals surface area contributed by atoms with Crippen LogP contribution in [-0.2, 0) is 0 Å². The van der Waals surface area contributed by atoms with Crippen LogP contribution in [-0.4, -0.2) is 24.5 Å². The molecule has 0 aliphatic carbocycles. The first-order valence-electron chi connectivity index (χ1n) is 4.57. The van der Waals surface area contributed by atoms with E-state index in [-0.39, 0.29) is 12.4 Å². The Labute approximate surface area is 77.6 Å². The van der Waals surface area contributed by atoms with Gasteiger partial charge in [0.2, 0.25) is 0 Å². The third-order valence-corrected chi connectivity index (χ3v) is 1.81. The number of hydrogen-bond acceptors (Lipinski definition) is 1. The van der Waals surface area contributed by atoms with Crippen molar-refractivity contribution in [2.45, 2.75) is 40.0 Å². The van der Waals surface area contributed by atoms with Crippen molar-refractivity contribution in [3.63, 3.8) is 0 Å². The van der Waals surface area contributed by atoms with Gasteiger partial charge in [0.25, 0.3) is 0 Å². The Morgan fingerprint density at radius 3 is 1.91 bits per heavy atom. The number of hydrogen-bond donors (Lipinski definition) is 0. The smallest absolute Gasteiger partial charge is 0.00190 e. The normalized spacial score (nSPS) is 9.82. The average Bonchev–Trinajstić information content (AvgIpc) is 1.98. The highest BCUT2D eigenvalue weighted by Crippen LogP contribution is 1.95. The third kappa shape index (κ3) is 8.15. The molecular weight excluding hydrogens is 158 g/mol. The van der Waals surface area contributed by atoms with Crippen LogP contribution in [0.15, 0.2) is 0 Å². The van der Waals surface area contributed by atoms with Crippen molar-refractivity contribution in [2.24, 2.45) is 0 Å². The monoisotopic (exact) mass is 179 g/mol. The zero-order valence-electron chi connectivity index (χ0n) is 8.10. The summed E-state index contributed by atoms with van der Waals surface area (Å²) >= 11 is 0. The second-order valence-electron chi connectivity index (χ2n) is 2.79. The molecule has 0 saturated carbocycles. The van der Waals surface area contributed by atoms with E-state index in [4.69, 9.17) is 0 Å². The largest absolute Gasteiger partial charge is 0.304 e. The van der Waals surface area contributed by atoms with Crippen molar-refractivity contribution in [3.8, 4) is 0 Å². The fourth-order valence-corrected chi connectivity index (χ4v) is 1.13. The molecule has 0 amide bonds. The number of nitrogens with zero attached hydrogens (tertiary/aromatic N) is 1. The molecule has 0 atom stereocenters. The van der Waals surface area contributed by atoms with E-state index in [0.717, 1.165) is 0 Å². The predicted molar refractivity (Wildman–Crippen MR) is 54.6 cm³/mol. The summed E-state index contributed by atoms with van der Waals surface area (Å²) in [4.78, 5) is 2.52. The summed E-state index contributed by atoms with van der Waals surface area (Å²) < 4.78 is 0. The Bertz CT molecular complexity index is 66.6. The average molecular weight is 180 g/mol. The molecule has 11 heavy (non-hydrogen) atoms. The van der Waals surface area contributed by atoms with Crippen LogP contribution in [0.25, 0.3) is 0 Å². The fourth-order valence-electron chi connectivity index (χ4n) is 1.13. The molecule has 0 rings (SSSR count). The Morgan fingerprint density at radius 1 is 0.909 bits per heavy atom. The molecule has 0 radical (unpaired) electrons. The highest BCUT2D eigenvalue weighted by Gasteiger charge is 1.97. The van der Waals surface area contributed by atoms with E-state index in [1.807, 2.05) is 0 Å². The molecule has 0 aromatic rings. The lowest BCUT2D eigenvalue weighted by Crippen LogP contribution is -2.25. The van der Waals surface area contributed by atoms with E-state index in [1.54, 1.807) is 0 Å². The minimum absolute atomic E-state index is 0. The van der Waals surface area contributed by atoms with Gasteiger partial charge in [-0.15, -0.1) is 12.4 Å². The van der Waals surface area contributed by atoms with E-state index < -0.39 is 0 Å². The molecule has 0 unspecified atom stereocenters. The maximum absolute atomic E-state index is 2.52. The van der Waals surface area contributed by atoms with Gasteiger partial charge in [-0.1, -0.05) is 27.2 Å². The lowest BCUT2D eigenvalue weighted by Gasteiger charge is -2.18. The molecular formula is C9H22ClN. The molecule has 70 valence electrons. The third-order valence-electron chi connectivity index (χ3n) is 1.81. The second-order valence-corrected chi connectivity index (χ2v) is 2.79. The van der Waals surface area contributed by atoms with Gasteiger partial charge < -0.3 is 4.90 Å². The molecule has 0 aliphatic rings. The van der Waals surface area contributed by atoms with Gasteiger partial charge in [-0.2, -0.15) is 0 Å². The van der Waals surface area contributed by atoms with Crippen LogP contribution in [0.5, 0.6) is 0 Å². The van der Waals surface area contributed by atoms with Gasteiger partial charge in [0.15, 0.2) is 0 Å². The van der Waals surface area contributed by atoms with Crippen molar-refractivity contribution in [1.82, 2.24) is 4.90 Å². The van der Waals surface area contributed by atoms with Gasteiger partial charge in [-0.05, 0) is 32.5 Å². The van der Waals surface area contributed by atoms with Gasteiger partial charge in [-0.3, -0.25) is 0 Å². The summed E-state index contributed by atoms with van der Waals surface area (Å²) in [5, 5.41) is 0. The standard InChI is InChI=1S/C9H21N.ClH/c1-4-7-9-10(6-3)8-5-2;/h4-9H2,1-3H3;1H. The fraction of sp³-hybridized carbons (Fsp3) is 1.00. The summed E-state index contributed by atoms with van der Waals surface area (Å²) in [7, 11) is 0. The summed E-state index contributed by atoms with van der Waals surface area (Å²) in [5.74, 6) is 0. The zero-order valence-corrected chi connectivity index (χ0v) is 8.91. The zero-order chi connectivity index (χ0) is 7.82. The van der Waals surface area contributed by atoms with Crippen LogP contribution in [0, 0.1) is 0 Å². The van der Waals surface area contributed by atoms with Gasteiger partial charge in [0.1, 0.15) is 0 Å². The van der Waals surface area contributed by atoms with Crippen molar-refractivity contribution >= 4 is 12.4 Å². The van der Waals surface area contributed by atoms with E-state index in [0.29, 0.717) is 0 Å². The molecule has 0 aromatic heterocycles. The van der Waals surface area contributed by atoms with Gasteiger partial charge in [-0.25, -0.2) is 0 Å². The first-order chi connectivity index (χ1) is 4.85. The van der Waals surface area contributed by atoms with E-state index in [1.165, 1.54) is 38.9 Å². The van der Waals surface area contributed by atoms with Gasteiger partial charge >= 0.3 is 0 Å². The van der Waals surface area contributed by atoms with Gasteiger partial charge in [0.05, 0.1) is 0 Å². The number of halogens is 1. The van der Waals surface area contributed by atoms with Crippen LogP contribution in [0.4, 0.5) is 0 Å². The maximum Gasteiger partial charge on any atom is -0.00190 e. The number of unbranched alkanes of at least 4 members (excludes halogenated alkanes) is 1. The summed E-state index contributed by atoms with van der Waals surface area (Å²) in [6.45, 7) is 10.5. The van der Waals surface area contributed by atoms with Crippen LogP contribution in [0.2, 0.25) is 0 Å². The molecule has 2 heteroatoms. The Balaban J connectivity index is 0. The summed E-state index contributed by atoms with van der Waals surface area (Å²) in [6.07, 6.45) is 3.96. The molecule has 0 N–H and O–H groups in total. The van der Waals surface area contributed by atoms with Crippen LogP contribution >= 0.6 is 12.4 Å². The Morgan fingerprint density at radius 2 is 1.55 bits per heavy atom. The lowest BCUT2D eigenvalue weighted by molar-refractivity contribution is 0.284. The van der Waals surface area contributed by atoms with Crippen molar-refractivity contribution < 1.29 is 0 Å². The predicted octanol–water partition coefficient (Wildman–Crippen LogP) is 2.94. The van der Waals surface area contributed by atoms with E-state index in [2.05, 4.69) is 25.7 Å². The molecule has 1 nitrogen and oxygen atoms in total. The van der Waals surface area contributed by atoms with Crippen molar-refractivity contribution in [1.29, 1.82) is 0 Å². The molecule has 0 aromatic carbocycles. The minimum atomic E-state index is 0. The lowest BCUT2D eigenvalue weighted by atomic mass is 10.3. The maximum atomic E-state index is 2.52. The number of rotatable bonds is 6. The molecule has 0 bridgehead atoms. The second kappa shape index (κ2) is 10.2. The molecule has 0 spiro atoms. The highest BCUT2D eigenvalue weighted by molar-refractivity contribution is 5.85. The van der Waals surface area contributed by atoms with E-state index >= 15 is 0 Å². The molecule has 0 aliphatic heterocycles. The summed E-state index contributed by atoms with van der Waals surface area (Å²) in [6, 6.07) is 0.